The molecule has 7 heteroatoms. The zero-order valence-corrected chi connectivity index (χ0v) is 13.0. The van der Waals surface area contributed by atoms with Crippen molar-refractivity contribution in [2.24, 2.45) is 5.92 Å². The first-order chi connectivity index (χ1) is 9.95. The van der Waals surface area contributed by atoms with Crippen molar-refractivity contribution in [3.63, 3.8) is 0 Å². The Bertz CT molecular complexity index is 632. The molecule has 6 nitrogen and oxygen atoms in total. The fraction of sp³-hybridized carbons (Fsp3) is 0.571. The summed E-state index contributed by atoms with van der Waals surface area (Å²) < 4.78 is 38.6. The standard InChI is InChI=1S/C14H20N2O4S/c1-10-8-16(2)9-12(10)15-21(17,18)11-3-4-13-14(7-11)20-6-5-19-13/h3-4,7,10,12,15H,5-6,8-9H2,1-2H3. The Kier molecular flexibility index (Phi) is 3.81. The van der Waals surface area contributed by atoms with Crippen LogP contribution in [0.5, 0.6) is 11.5 Å². The molecule has 0 radical (unpaired) electrons. The van der Waals surface area contributed by atoms with Gasteiger partial charge >= 0.3 is 0 Å². The van der Waals surface area contributed by atoms with Gasteiger partial charge in [0.15, 0.2) is 11.5 Å². The number of likely N-dealkylation sites (N-methyl/N-ethyl adjacent to an activating group) is 1. The summed E-state index contributed by atoms with van der Waals surface area (Å²) in [4.78, 5) is 2.34. The maximum Gasteiger partial charge on any atom is 0.241 e. The molecule has 21 heavy (non-hydrogen) atoms. The predicted molar refractivity (Wildman–Crippen MR) is 78.2 cm³/mol. The van der Waals surface area contributed by atoms with Gasteiger partial charge in [-0.05, 0) is 25.1 Å². The number of nitrogens with one attached hydrogen (secondary N) is 1. The lowest BCUT2D eigenvalue weighted by molar-refractivity contribution is 0.171. The number of nitrogens with zero attached hydrogens (tertiary/aromatic N) is 1. The van der Waals surface area contributed by atoms with Crippen LogP contribution in [0.2, 0.25) is 0 Å². The number of likely N-dealkylation sites (tertiary alicyclic amines) is 1. The fourth-order valence-corrected chi connectivity index (χ4v) is 4.17. The van der Waals surface area contributed by atoms with E-state index >= 15 is 0 Å². The summed E-state index contributed by atoms with van der Waals surface area (Å²) in [7, 11) is -1.55. The normalized spacial score (nSPS) is 26.0. The summed E-state index contributed by atoms with van der Waals surface area (Å²) in [5.74, 6) is 1.37. The maximum atomic E-state index is 12.5. The second-order valence-corrected chi connectivity index (χ2v) is 7.45. The lowest BCUT2D eigenvalue weighted by Gasteiger charge is -2.20. The molecule has 1 aromatic carbocycles. The summed E-state index contributed by atoms with van der Waals surface area (Å²) in [5, 5.41) is 0. The van der Waals surface area contributed by atoms with Gasteiger partial charge in [-0.1, -0.05) is 6.92 Å². The Balaban J connectivity index is 1.81. The zero-order valence-electron chi connectivity index (χ0n) is 12.2. The monoisotopic (exact) mass is 312 g/mol. The smallest absolute Gasteiger partial charge is 0.241 e. The summed E-state index contributed by atoms with van der Waals surface area (Å²) in [6.45, 7) is 4.61. The molecule has 0 spiro atoms. The van der Waals surface area contributed by atoms with Crippen molar-refractivity contribution < 1.29 is 17.9 Å². The molecule has 1 fully saturated rings. The van der Waals surface area contributed by atoms with Crippen molar-refractivity contribution in [1.82, 2.24) is 9.62 Å². The molecule has 2 atom stereocenters. The van der Waals surface area contributed by atoms with Crippen LogP contribution in [0.4, 0.5) is 0 Å². The number of benzene rings is 1. The number of ether oxygens (including phenoxy) is 2. The van der Waals surface area contributed by atoms with Crippen molar-refractivity contribution in [3.05, 3.63) is 18.2 Å². The average Bonchev–Trinajstić information content (AvgIpc) is 2.75. The minimum atomic E-state index is -3.55. The van der Waals surface area contributed by atoms with Crippen LogP contribution in [-0.4, -0.2) is 52.7 Å². The Morgan fingerprint density at radius 3 is 2.57 bits per heavy atom. The molecule has 1 saturated heterocycles. The van der Waals surface area contributed by atoms with E-state index in [0.717, 1.165) is 13.1 Å². The third kappa shape index (κ3) is 3.00. The number of hydrogen-bond acceptors (Lipinski definition) is 5. The Labute approximate surface area is 125 Å². The molecular weight excluding hydrogens is 292 g/mol. The highest BCUT2D eigenvalue weighted by Gasteiger charge is 2.31. The number of fused-ring (bicyclic) bond motifs is 1. The Morgan fingerprint density at radius 2 is 1.90 bits per heavy atom. The zero-order chi connectivity index (χ0) is 15.0. The molecule has 0 saturated carbocycles. The van der Waals surface area contributed by atoms with E-state index < -0.39 is 10.0 Å². The lowest BCUT2D eigenvalue weighted by atomic mass is 10.1. The van der Waals surface area contributed by atoms with Crippen molar-refractivity contribution >= 4 is 10.0 Å². The molecule has 1 aromatic rings. The van der Waals surface area contributed by atoms with E-state index in [-0.39, 0.29) is 10.9 Å². The van der Waals surface area contributed by atoms with E-state index in [4.69, 9.17) is 9.47 Å². The third-order valence-electron chi connectivity index (χ3n) is 3.93. The van der Waals surface area contributed by atoms with Gasteiger partial charge in [0.1, 0.15) is 13.2 Å². The lowest BCUT2D eigenvalue weighted by Crippen LogP contribution is -2.39. The van der Waals surface area contributed by atoms with Crippen LogP contribution in [0, 0.1) is 5.92 Å². The van der Waals surface area contributed by atoms with Crippen LogP contribution in [0.25, 0.3) is 0 Å². The van der Waals surface area contributed by atoms with Gasteiger partial charge in [-0.3, -0.25) is 0 Å². The highest BCUT2D eigenvalue weighted by Crippen LogP contribution is 2.32. The molecule has 0 aliphatic carbocycles. The molecule has 2 aliphatic rings. The highest BCUT2D eigenvalue weighted by molar-refractivity contribution is 7.89. The van der Waals surface area contributed by atoms with Gasteiger partial charge in [0, 0.05) is 25.2 Å². The van der Waals surface area contributed by atoms with E-state index in [1.165, 1.54) is 6.07 Å². The van der Waals surface area contributed by atoms with E-state index in [2.05, 4.69) is 16.5 Å². The second-order valence-electron chi connectivity index (χ2n) is 5.73. The first-order valence-corrected chi connectivity index (χ1v) is 8.54. The summed E-state index contributed by atoms with van der Waals surface area (Å²) in [6.07, 6.45) is 0. The summed E-state index contributed by atoms with van der Waals surface area (Å²) in [5.41, 5.74) is 0. The van der Waals surface area contributed by atoms with Gasteiger partial charge in [0.05, 0.1) is 4.90 Å². The van der Waals surface area contributed by atoms with Crippen LogP contribution in [0.1, 0.15) is 6.92 Å². The molecule has 1 N–H and O–H groups in total. The van der Waals surface area contributed by atoms with Crippen molar-refractivity contribution in [2.75, 3.05) is 33.4 Å². The van der Waals surface area contributed by atoms with Gasteiger partial charge in [-0.15, -0.1) is 0 Å². The topological polar surface area (TPSA) is 67.9 Å². The Hall–Kier alpha value is -1.31. The largest absolute Gasteiger partial charge is 0.486 e. The first kappa shape index (κ1) is 14.6. The van der Waals surface area contributed by atoms with Gasteiger partial charge in [-0.2, -0.15) is 0 Å². The van der Waals surface area contributed by atoms with E-state index in [1.54, 1.807) is 12.1 Å². The van der Waals surface area contributed by atoms with Crippen LogP contribution in [-0.2, 0) is 10.0 Å². The summed E-state index contributed by atoms with van der Waals surface area (Å²) >= 11 is 0. The van der Waals surface area contributed by atoms with E-state index in [0.29, 0.717) is 30.6 Å². The number of sulfonamides is 1. The van der Waals surface area contributed by atoms with Crippen LogP contribution < -0.4 is 14.2 Å². The van der Waals surface area contributed by atoms with Crippen LogP contribution in [0.15, 0.2) is 23.1 Å². The molecule has 0 bridgehead atoms. The minimum absolute atomic E-state index is 0.0619. The quantitative estimate of drug-likeness (QED) is 0.889. The molecule has 2 unspecified atom stereocenters. The third-order valence-corrected chi connectivity index (χ3v) is 5.41. The fourth-order valence-electron chi connectivity index (χ4n) is 2.82. The first-order valence-electron chi connectivity index (χ1n) is 7.06. The number of rotatable bonds is 3. The molecule has 2 heterocycles. The SMILES string of the molecule is CC1CN(C)CC1NS(=O)(=O)c1ccc2c(c1)OCCO2. The van der Waals surface area contributed by atoms with Crippen molar-refractivity contribution in [3.8, 4) is 11.5 Å². The van der Waals surface area contributed by atoms with Crippen LogP contribution in [0.3, 0.4) is 0 Å². The van der Waals surface area contributed by atoms with Gasteiger partial charge < -0.3 is 14.4 Å². The van der Waals surface area contributed by atoms with Gasteiger partial charge in [0.25, 0.3) is 0 Å². The highest BCUT2D eigenvalue weighted by atomic mass is 32.2. The average molecular weight is 312 g/mol. The maximum absolute atomic E-state index is 12.5. The minimum Gasteiger partial charge on any atom is -0.486 e. The number of hydrogen-bond donors (Lipinski definition) is 1. The molecule has 3 rings (SSSR count). The van der Waals surface area contributed by atoms with Crippen molar-refractivity contribution in [2.45, 2.75) is 17.9 Å². The van der Waals surface area contributed by atoms with Gasteiger partial charge in [0.2, 0.25) is 10.0 Å². The molecule has 116 valence electrons. The van der Waals surface area contributed by atoms with Crippen LogP contribution >= 0.6 is 0 Å². The summed E-state index contributed by atoms with van der Waals surface area (Å²) in [6, 6.07) is 4.67. The van der Waals surface area contributed by atoms with E-state index in [1.807, 2.05) is 7.05 Å². The van der Waals surface area contributed by atoms with E-state index in [9.17, 15) is 8.42 Å². The molecule has 0 aromatic heterocycles. The molecular formula is C14H20N2O4S. The van der Waals surface area contributed by atoms with Gasteiger partial charge in [-0.25, -0.2) is 13.1 Å². The molecule has 0 amide bonds. The van der Waals surface area contributed by atoms with Crippen molar-refractivity contribution in [1.29, 1.82) is 0 Å². The molecule has 2 aliphatic heterocycles. The Morgan fingerprint density at radius 1 is 1.19 bits per heavy atom. The second kappa shape index (κ2) is 5.47. The predicted octanol–water partition coefficient (Wildman–Crippen LogP) is 0.686.